The van der Waals surface area contributed by atoms with E-state index in [2.05, 4.69) is 0 Å². The topological polar surface area (TPSA) is 18.5 Å². The van der Waals surface area contributed by atoms with E-state index in [4.69, 9.17) is 9.47 Å². The lowest BCUT2D eigenvalue weighted by atomic mass is 10.0. The minimum absolute atomic E-state index is 0.0953. The molecule has 0 aliphatic carbocycles. The fourth-order valence-electron chi connectivity index (χ4n) is 1.47. The zero-order chi connectivity index (χ0) is 9.26. The zero-order valence-electron chi connectivity index (χ0n) is 7.42. The highest BCUT2D eigenvalue weighted by Gasteiger charge is 2.19. The van der Waals surface area contributed by atoms with E-state index >= 15 is 0 Å². The second kappa shape index (κ2) is 3.34. The Balaban J connectivity index is 2.26. The highest BCUT2D eigenvalue weighted by molar-refractivity contribution is 5.36. The molecule has 2 rings (SSSR count). The molecule has 1 heterocycles. The summed E-state index contributed by atoms with van der Waals surface area (Å²) >= 11 is 0. The van der Waals surface area contributed by atoms with Gasteiger partial charge >= 0.3 is 0 Å². The first-order chi connectivity index (χ1) is 6.29. The second-order valence-electron chi connectivity index (χ2n) is 3.12. The van der Waals surface area contributed by atoms with Crippen LogP contribution in [-0.2, 0) is 11.2 Å². The van der Waals surface area contributed by atoms with E-state index in [1.165, 1.54) is 12.1 Å². The van der Waals surface area contributed by atoms with Crippen LogP contribution in [0.15, 0.2) is 18.2 Å². The van der Waals surface area contributed by atoms with Crippen LogP contribution in [0.2, 0.25) is 0 Å². The van der Waals surface area contributed by atoms with Gasteiger partial charge in [-0.2, -0.15) is 0 Å². The largest absolute Gasteiger partial charge is 0.490 e. The van der Waals surface area contributed by atoms with Gasteiger partial charge in [0.25, 0.3) is 0 Å². The Bertz CT molecular complexity index is 312. The maximum Gasteiger partial charge on any atom is 0.126 e. The van der Waals surface area contributed by atoms with E-state index in [-0.39, 0.29) is 11.9 Å². The van der Waals surface area contributed by atoms with Gasteiger partial charge in [0.05, 0.1) is 6.10 Å². The van der Waals surface area contributed by atoms with Crippen molar-refractivity contribution in [3.8, 4) is 5.75 Å². The molecule has 0 N–H and O–H groups in total. The number of fused-ring (bicyclic) bond motifs is 1. The van der Waals surface area contributed by atoms with Crippen LogP contribution >= 0.6 is 0 Å². The molecular formula is C10H11FO2. The summed E-state index contributed by atoms with van der Waals surface area (Å²) in [5.41, 5.74) is 1.01. The van der Waals surface area contributed by atoms with Gasteiger partial charge < -0.3 is 9.47 Å². The third-order valence-corrected chi connectivity index (χ3v) is 2.23. The lowest BCUT2D eigenvalue weighted by Gasteiger charge is -2.23. The SMILES string of the molecule is COC1COc2cc(F)ccc2C1. The molecule has 2 nitrogen and oxygen atoms in total. The first kappa shape index (κ1) is 8.51. The van der Waals surface area contributed by atoms with Crippen LogP contribution in [0.5, 0.6) is 5.75 Å². The Hall–Kier alpha value is -1.09. The molecule has 0 saturated heterocycles. The molecule has 0 spiro atoms. The van der Waals surface area contributed by atoms with Crippen molar-refractivity contribution in [1.82, 2.24) is 0 Å². The fourth-order valence-corrected chi connectivity index (χ4v) is 1.47. The molecule has 13 heavy (non-hydrogen) atoms. The summed E-state index contributed by atoms with van der Waals surface area (Å²) < 4.78 is 23.3. The summed E-state index contributed by atoms with van der Waals surface area (Å²) in [6.45, 7) is 0.507. The summed E-state index contributed by atoms with van der Waals surface area (Å²) in [5, 5.41) is 0. The van der Waals surface area contributed by atoms with Crippen LogP contribution in [0.25, 0.3) is 0 Å². The summed E-state index contributed by atoms with van der Waals surface area (Å²) in [6, 6.07) is 4.61. The van der Waals surface area contributed by atoms with Crippen molar-refractivity contribution in [1.29, 1.82) is 0 Å². The lowest BCUT2D eigenvalue weighted by Crippen LogP contribution is -2.27. The maximum atomic E-state index is 12.8. The molecule has 0 fully saturated rings. The quantitative estimate of drug-likeness (QED) is 0.659. The Kier molecular flexibility index (Phi) is 2.19. The summed E-state index contributed by atoms with van der Waals surface area (Å²) in [4.78, 5) is 0. The van der Waals surface area contributed by atoms with Crippen LogP contribution in [0.1, 0.15) is 5.56 Å². The Labute approximate surface area is 76.3 Å². The summed E-state index contributed by atoms with van der Waals surface area (Å²) in [7, 11) is 1.66. The van der Waals surface area contributed by atoms with Gasteiger partial charge in [0.2, 0.25) is 0 Å². The van der Waals surface area contributed by atoms with Gasteiger partial charge in [0, 0.05) is 19.6 Å². The summed E-state index contributed by atoms with van der Waals surface area (Å²) in [6.07, 6.45) is 0.893. The van der Waals surface area contributed by atoms with Crippen LogP contribution < -0.4 is 4.74 Å². The molecule has 1 aliphatic rings. The van der Waals surface area contributed by atoms with Gasteiger partial charge in [-0.15, -0.1) is 0 Å². The van der Waals surface area contributed by atoms with E-state index in [0.717, 1.165) is 12.0 Å². The number of hydrogen-bond donors (Lipinski definition) is 0. The Morgan fingerprint density at radius 2 is 2.38 bits per heavy atom. The highest BCUT2D eigenvalue weighted by atomic mass is 19.1. The highest BCUT2D eigenvalue weighted by Crippen LogP contribution is 2.26. The van der Waals surface area contributed by atoms with Crippen molar-refractivity contribution in [2.75, 3.05) is 13.7 Å². The Morgan fingerprint density at radius 1 is 1.54 bits per heavy atom. The van der Waals surface area contributed by atoms with Gasteiger partial charge in [-0.25, -0.2) is 4.39 Å². The van der Waals surface area contributed by atoms with E-state index in [0.29, 0.717) is 12.4 Å². The molecule has 1 unspecified atom stereocenters. The fraction of sp³-hybridized carbons (Fsp3) is 0.400. The van der Waals surface area contributed by atoms with Crippen LogP contribution in [-0.4, -0.2) is 19.8 Å². The molecule has 1 aromatic rings. The smallest absolute Gasteiger partial charge is 0.126 e. The molecular weight excluding hydrogens is 171 g/mol. The first-order valence-electron chi connectivity index (χ1n) is 4.23. The molecule has 70 valence electrons. The average Bonchev–Trinajstić information content (AvgIpc) is 2.17. The van der Waals surface area contributed by atoms with Gasteiger partial charge in [-0.1, -0.05) is 6.07 Å². The normalized spacial score (nSPS) is 20.6. The molecule has 3 heteroatoms. The van der Waals surface area contributed by atoms with Crippen molar-refractivity contribution in [2.45, 2.75) is 12.5 Å². The first-order valence-corrected chi connectivity index (χ1v) is 4.23. The zero-order valence-corrected chi connectivity index (χ0v) is 7.42. The van der Waals surface area contributed by atoms with Crippen molar-refractivity contribution in [3.63, 3.8) is 0 Å². The van der Waals surface area contributed by atoms with Gasteiger partial charge in [-0.05, 0) is 11.6 Å². The third kappa shape index (κ3) is 1.65. The summed E-state index contributed by atoms with van der Waals surface area (Å²) in [5.74, 6) is 0.392. The molecule has 0 amide bonds. The van der Waals surface area contributed by atoms with Crippen molar-refractivity contribution in [2.24, 2.45) is 0 Å². The van der Waals surface area contributed by atoms with Crippen molar-refractivity contribution < 1.29 is 13.9 Å². The van der Waals surface area contributed by atoms with Crippen LogP contribution in [0.4, 0.5) is 4.39 Å². The number of methoxy groups -OCH3 is 1. The van der Waals surface area contributed by atoms with E-state index in [9.17, 15) is 4.39 Å². The molecule has 1 aromatic carbocycles. The molecule has 0 saturated carbocycles. The molecule has 0 bridgehead atoms. The van der Waals surface area contributed by atoms with Crippen LogP contribution in [0.3, 0.4) is 0 Å². The van der Waals surface area contributed by atoms with Crippen LogP contribution in [0, 0.1) is 5.82 Å². The molecule has 0 radical (unpaired) electrons. The predicted molar refractivity (Wildman–Crippen MR) is 46.4 cm³/mol. The predicted octanol–water partition coefficient (Wildman–Crippen LogP) is 1.78. The van der Waals surface area contributed by atoms with E-state index in [1.54, 1.807) is 13.2 Å². The number of ether oxygens (including phenoxy) is 2. The number of benzene rings is 1. The number of rotatable bonds is 1. The van der Waals surface area contributed by atoms with Crippen molar-refractivity contribution >= 4 is 0 Å². The van der Waals surface area contributed by atoms with Gasteiger partial charge in [-0.3, -0.25) is 0 Å². The van der Waals surface area contributed by atoms with E-state index < -0.39 is 0 Å². The molecule has 1 atom stereocenters. The van der Waals surface area contributed by atoms with Gasteiger partial charge in [0.15, 0.2) is 0 Å². The molecule has 1 aliphatic heterocycles. The number of hydrogen-bond acceptors (Lipinski definition) is 2. The Morgan fingerprint density at radius 3 is 3.15 bits per heavy atom. The van der Waals surface area contributed by atoms with Crippen molar-refractivity contribution in [3.05, 3.63) is 29.6 Å². The maximum absolute atomic E-state index is 12.8. The third-order valence-electron chi connectivity index (χ3n) is 2.23. The average molecular weight is 182 g/mol. The minimum Gasteiger partial charge on any atom is -0.490 e. The van der Waals surface area contributed by atoms with E-state index in [1.807, 2.05) is 0 Å². The second-order valence-corrected chi connectivity index (χ2v) is 3.12. The lowest BCUT2D eigenvalue weighted by molar-refractivity contribution is 0.0465. The number of halogens is 1. The monoisotopic (exact) mass is 182 g/mol. The van der Waals surface area contributed by atoms with Gasteiger partial charge in [0.1, 0.15) is 18.2 Å². The minimum atomic E-state index is -0.255. The standard InChI is InChI=1S/C10H11FO2/c1-12-9-4-7-2-3-8(11)5-10(7)13-6-9/h2-3,5,9H,4,6H2,1H3. The molecule has 0 aromatic heterocycles.